The Bertz CT molecular complexity index is 1340. The fourth-order valence-corrected chi connectivity index (χ4v) is 7.03. The summed E-state index contributed by atoms with van der Waals surface area (Å²) in [6.45, 7) is 2.39. The Balaban J connectivity index is 1.84. The Morgan fingerprint density at radius 3 is 1.97 bits per heavy atom. The van der Waals surface area contributed by atoms with E-state index in [2.05, 4.69) is 116 Å². The van der Waals surface area contributed by atoms with Gasteiger partial charge in [-0.15, -0.1) is 7.17 Å². The zero-order chi connectivity index (χ0) is 19.4. The highest BCUT2D eigenvalue weighted by Crippen LogP contribution is 2.56. The Morgan fingerprint density at radius 1 is 0.655 bits per heavy atom. The maximum atomic E-state index is 2.44. The van der Waals surface area contributed by atoms with Crippen molar-refractivity contribution in [3.05, 3.63) is 131 Å². The van der Waals surface area contributed by atoms with E-state index in [9.17, 15) is 0 Å². The Kier molecular flexibility index (Phi) is 3.60. The smallest absolute Gasteiger partial charge is 0.0717 e. The average Bonchev–Trinajstić information content (AvgIpc) is 3.31. The number of allylic oxidation sites excluding steroid dienone is 2. The fourth-order valence-electron chi connectivity index (χ4n) is 5.29. The summed E-state index contributed by atoms with van der Waals surface area (Å²) in [7, 11) is -0.305. The number of benzene rings is 4. The Labute approximate surface area is 172 Å². The quantitative estimate of drug-likeness (QED) is 0.341. The maximum absolute atomic E-state index is 2.44. The van der Waals surface area contributed by atoms with Gasteiger partial charge in [0.1, 0.15) is 0 Å². The third-order valence-electron chi connectivity index (χ3n) is 6.46. The molecule has 0 nitrogen and oxygen atoms in total. The van der Waals surface area contributed by atoms with Gasteiger partial charge in [-0.25, -0.2) is 0 Å². The molecule has 1 aliphatic carbocycles. The monoisotopic (exact) mass is 388 g/mol. The van der Waals surface area contributed by atoms with E-state index in [1.807, 2.05) is 0 Å². The van der Waals surface area contributed by atoms with Gasteiger partial charge in [0.2, 0.25) is 0 Å². The molecule has 2 aliphatic rings. The van der Waals surface area contributed by atoms with Gasteiger partial charge in [0.15, 0.2) is 0 Å². The topological polar surface area (TPSA) is 0 Å². The van der Waals surface area contributed by atoms with Gasteiger partial charge in [0.05, 0.1) is 5.41 Å². The zero-order valence-electron chi connectivity index (χ0n) is 16.3. The number of hydrogen-bond acceptors (Lipinski definition) is 0. The van der Waals surface area contributed by atoms with Gasteiger partial charge in [0.25, 0.3) is 0 Å². The van der Waals surface area contributed by atoms with Crippen LogP contribution in [0.1, 0.15) is 22.3 Å². The fraction of sp³-hybridized carbons (Fsp3) is 0.0714. The Hall–Kier alpha value is -3.08. The molecule has 1 atom stereocenters. The van der Waals surface area contributed by atoms with Gasteiger partial charge >= 0.3 is 0 Å². The molecule has 0 saturated heterocycles. The number of fused-ring (bicyclic) bond motifs is 5. The van der Waals surface area contributed by atoms with Crippen molar-refractivity contribution in [3.63, 3.8) is 0 Å². The van der Waals surface area contributed by atoms with Crippen molar-refractivity contribution < 1.29 is 0 Å². The molecule has 0 bridgehead atoms. The number of rotatable bonds is 2. The van der Waals surface area contributed by atoms with Crippen LogP contribution in [-0.2, 0) is 5.41 Å². The number of hydrogen-bond donors (Lipinski definition) is 0. The van der Waals surface area contributed by atoms with Crippen LogP contribution in [0.5, 0.6) is 0 Å². The van der Waals surface area contributed by atoms with Gasteiger partial charge in [0, 0.05) is 5.29 Å². The minimum atomic E-state index is -0.305. The molecule has 1 aliphatic heterocycles. The molecule has 138 valence electrons. The summed E-state index contributed by atoms with van der Waals surface area (Å²) in [5.74, 6) is 2.44. The lowest BCUT2D eigenvalue weighted by Gasteiger charge is -2.33. The van der Waals surface area contributed by atoms with Crippen molar-refractivity contribution in [2.45, 2.75) is 5.41 Å². The van der Waals surface area contributed by atoms with Gasteiger partial charge < -0.3 is 0 Å². The van der Waals surface area contributed by atoms with E-state index in [1.165, 1.54) is 38.6 Å². The van der Waals surface area contributed by atoms with E-state index in [4.69, 9.17) is 0 Å². The van der Waals surface area contributed by atoms with E-state index in [0.29, 0.717) is 0 Å². The van der Waals surface area contributed by atoms with E-state index < -0.39 is 0 Å². The van der Waals surface area contributed by atoms with Crippen LogP contribution in [0.15, 0.2) is 109 Å². The van der Waals surface area contributed by atoms with Crippen LogP contribution in [0.3, 0.4) is 0 Å². The highest BCUT2D eigenvalue weighted by molar-refractivity contribution is 7.60. The van der Waals surface area contributed by atoms with Crippen LogP contribution in [0.4, 0.5) is 0 Å². The average molecular weight is 388 g/mol. The summed E-state index contributed by atoms with van der Waals surface area (Å²) < 4.78 is 0. The lowest BCUT2D eigenvalue weighted by molar-refractivity contribution is 0.774. The molecule has 0 amide bonds. The van der Waals surface area contributed by atoms with E-state index >= 15 is 0 Å². The van der Waals surface area contributed by atoms with Crippen LogP contribution >= 0.6 is 7.17 Å². The van der Waals surface area contributed by atoms with Crippen LogP contribution in [0, 0.1) is 0 Å². The molecular weight excluding hydrogens is 367 g/mol. The normalized spacial score (nSPS) is 17.6. The molecule has 1 heterocycles. The second-order valence-electron chi connectivity index (χ2n) is 7.88. The van der Waals surface area contributed by atoms with Crippen LogP contribution in [0.25, 0.3) is 10.8 Å². The molecule has 0 fully saturated rings. The highest BCUT2D eigenvalue weighted by Gasteiger charge is 2.49. The van der Waals surface area contributed by atoms with Crippen molar-refractivity contribution >= 4 is 29.0 Å². The molecule has 0 radical (unpaired) electrons. The summed E-state index contributed by atoms with van der Waals surface area (Å²) >= 11 is 0. The molecule has 1 unspecified atom stereocenters. The molecule has 0 N–H and O–H groups in total. The van der Waals surface area contributed by atoms with Crippen molar-refractivity contribution in [3.8, 4) is 0 Å². The summed E-state index contributed by atoms with van der Waals surface area (Å²) in [4.78, 5) is 0. The first-order chi connectivity index (χ1) is 14.3. The first kappa shape index (κ1) is 16.8. The minimum Gasteiger partial charge on any atom is -0.120 e. The second-order valence-corrected chi connectivity index (χ2v) is 9.85. The van der Waals surface area contributed by atoms with Crippen molar-refractivity contribution in [2.24, 2.45) is 0 Å². The summed E-state index contributed by atoms with van der Waals surface area (Å²) in [6, 6.07) is 35.7. The molecule has 6 rings (SSSR count). The van der Waals surface area contributed by atoms with Gasteiger partial charge in [-0.2, -0.15) is 0 Å². The molecule has 1 heteroatoms. The van der Waals surface area contributed by atoms with Crippen LogP contribution in [-0.4, -0.2) is 17.8 Å². The molecular formula is C28H21P. The molecule has 0 aromatic heterocycles. The van der Waals surface area contributed by atoms with E-state index in [0.717, 1.165) is 0 Å². The molecule has 4 aromatic rings. The third kappa shape index (κ3) is 2.16. The summed E-state index contributed by atoms with van der Waals surface area (Å²) in [5.41, 5.74) is 6.81. The minimum absolute atomic E-state index is 0.249. The lowest BCUT2D eigenvalue weighted by Crippen LogP contribution is -2.29. The first-order valence-electron chi connectivity index (χ1n) is 10.1. The molecule has 0 saturated carbocycles. The summed E-state index contributed by atoms with van der Waals surface area (Å²) in [5, 5.41) is 4.26. The molecule has 29 heavy (non-hydrogen) atoms. The standard InChI is InChI=1S/C28H21P/c1-29-19-18-25-27(29)26-23-15-9-8-10-20(23)16-17-24(26)28(25,21-11-4-2-5-12-21)22-13-6-3-7-14-22/h2-19H,1H3. The van der Waals surface area contributed by atoms with E-state index in [-0.39, 0.29) is 12.6 Å². The van der Waals surface area contributed by atoms with Gasteiger partial charge in [-0.3, -0.25) is 0 Å². The van der Waals surface area contributed by atoms with Gasteiger partial charge in [-0.05, 0) is 51.1 Å². The first-order valence-corrected chi connectivity index (χ1v) is 12.0. The zero-order valence-corrected chi connectivity index (χ0v) is 17.2. The van der Waals surface area contributed by atoms with Crippen molar-refractivity contribution in [1.82, 2.24) is 0 Å². The van der Waals surface area contributed by atoms with Gasteiger partial charge in [-0.1, -0.05) is 103 Å². The van der Waals surface area contributed by atoms with Crippen LogP contribution in [0.2, 0.25) is 0 Å². The van der Waals surface area contributed by atoms with Crippen LogP contribution < -0.4 is 0 Å². The van der Waals surface area contributed by atoms with Crippen molar-refractivity contribution in [2.75, 3.05) is 6.66 Å². The molecule has 4 aromatic carbocycles. The third-order valence-corrected chi connectivity index (χ3v) is 8.23. The summed E-state index contributed by atoms with van der Waals surface area (Å²) in [6.07, 6.45) is 2.41. The predicted molar refractivity (Wildman–Crippen MR) is 128 cm³/mol. The largest absolute Gasteiger partial charge is 0.120 e. The maximum Gasteiger partial charge on any atom is 0.0717 e. The lowest BCUT2D eigenvalue weighted by atomic mass is 9.67. The second kappa shape index (κ2) is 6.21. The van der Waals surface area contributed by atoms with Crippen molar-refractivity contribution in [1.29, 1.82) is 0 Å². The molecule has 0 spiro atoms. The van der Waals surface area contributed by atoms with E-state index in [1.54, 1.807) is 5.29 Å². The highest BCUT2D eigenvalue weighted by atomic mass is 31.1. The Morgan fingerprint density at radius 2 is 1.28 bits per heavy atom. The SMILES string of the molecule is CP1=CC=C2C=1c1c(ccc3ccccc13)C2(c1ccccc1)c1ccccc1. The predicted octanol–water partition coefficient (Wildman–Crippen LogP) is 6.56.